The van der Waals surface area contributed by atoms with Gasteiger partial charge in [-0.25, -0.2) is 0 Å². The normalized spacial score (nSPS) is 32.3. The van der Waals surface area contributed by atoms with Crippen LogP contribution in [0.25, 0.3) is 0 Å². The first-order valence-corrected chi connectivity index (χ1v) is 3.16. The van der Waals surface area contributed by atoms with Gasteiger partial charge in [0.2, 0.25) is 5.25 Å². The summed E-state index contributed by atoms with van der Waals surface area (Å²) >= 11 is 5.72. The van der Waals surface area contributed by atoms with Crippen LogP contribution < -0.4 is 11.1 Å². The van der Waals surface area contributed by atoms with Crippen LogP contribution in [0.3, 0.4) is 0 Å². The van der Waals surface area contributed by atoms with Crippen LogP contribution >= 0.6 is 11.6 Å². The van der Waals surface area contributed by atoms with Gasteiger partial charge in [0.1, 0.15) is 5.84 Å². The number of hydrogen-bond acceptors (Lipinski definition) is 3. The van der Waals surface area contributed by atoms with Gasteiger partial charge in [0.25, 0.3) is 0 Å². The Labute approximate surface area is 64.1 Å². The Balaban J connectivity index is 2.85. The summed E-state index contributed by atoms with van der Waals surface area (Å²) in [6.45, 7) is 0. The van der Waals surface area contributed by atoms with E-state index >= 15 is 0 Å². The Kier molecular flexibility index (Phi) is 1.58. The summed E-state index contributed by atoms with van der Waals surface area (Å²) in [5.74, 6) is 0.288. The minimum absolute atomic E-state index is 0.288. The molecule has 0 fully saturated rings. The van der Waals surface area contributed by atoms with Crippen molar-refractivity contribution in [1.82, 2.24) is 10.2 Å². The first-order chi connectivity index (χ1) is 4.54. The zero-order valence-electron chi connectivity index (χ0n) is 5.56. The van der Waals surface area contributed by atoms with Gasteiger partial charge < -0.3 is 10.2 Å². The standard InChI is InChI=1S/C5H9ClN4/c1-10-4(7)2-3-9-5(10,6)8/h2-3,7,9H,8H2,1H3. The quantitative estimate of drug-likeness (QED) is 0.340. The monoisotopic (exact) mass is 160 g/mol. The van der Waals surface area contributed by atoms with E-state index in [4.69, 9.17) is 22.7 Å². The maximum Gasteiger partial charge on any atom is 0.245 e. The first-order valence-electron chi connectivity index (χ1n) is 2.78. The Bertz CT molecular complexity index is 186. The second kappa shape index (κ2) is 2.14. The largest absolute Gasteiger partial charge is 0.344 e. The van der Waals surface area contributed by atoms with Gasteiger partial charge >= 0.3 is 0 Å². The summed E-state index contributed by atoms with van der Waals surface area (Å²) in [4.78, 5) is 1.43. The number of amidine groups is 1. The van der Waals surface area contributed by atoms with Crippen molar-refractivity contribution in [2.24, 2.45) is 5.73 Å². The molecule has 1 rings (SSSR count). The Morgan fingerprint density at radius 2 is 2.50 bits per heavy atom. The molecule has 1 atom stereocenters. The van der Waals surface area contributed by atoms with Gasteiger partial charge in [-0.3, -0.25) is 11.1 Å². The van der Waals surface area contributed by atoms with Crippen LogP contribution in [0.15, 0.2) is 12.3 Å². The average molecular weight is 161 g/mol. The van der Waals surface area contributed by atoms with E-state index in [-0.39, 0.29) is 5.84 Å². The van der Waals surface area contributed by atoms with E-state index in [2.05, 4.69) is 5.32 Å². The topological polar surface area (TPSA) is 65.1 Å². The van der Waals surface area contributed by atoms with Crippen molar-refractivity contribution in [2.75, 3.05) is 7.05 Å². The molecule has 0 amide bonds. The molecule has 1 aliphatic heterocycles. The summed E-state index contributed by atoms with van der Waals surface area (Å²) in [5, 5.41) is 8.82. The lowest BCUT2D eigenvalue weighted by Crippen LogP contribution is -2.61. The lowest BCUT2D eigenvalue weighted by Gasteiger charge is -2.36. The van der Waals surface area contributed by atoms with E-state index < -0.39 is 5.25 Å². The van der Waals surface area contributed by atoms with Crippen LogP contribution in [0.1, 0.15) is 0 Å². The zero-order valence-corrected chi connectivity index (χ0v) is 6.31. The molecule has 1 aliphatic rings. The highest BCUT2D eigenvalue weighted by Gasteiger charge is 2.29. The Morgan fingerprint density at radius 3 is 2.90 bits per heavy atom. The molecule has 0 bridgehead atoms. The molecule has 0 saturated carbocycles. The molecule has 0 aromatic carbocycles. The maximum atomic E-state index is 7.28. The van der Waals surface area contributed by atoms with Crippen molar-refractivity contribution in [3.63, 3.8) is 0 Å². The molecule has 0 aliphatic carbocycles. The first kappa shape index (κ1) is 7.37. The number of hydrogen-bond donors (Lipinski definition) is 3. The molecule has 0 spiro atoms. The van der Waals surface area contributed by atoms with Crippen LogP contribution in [0.4, 0.5) is 0 Å². The molecule has 0 aromatic rings. The van der Waals surface area contributed by atoms with Gasteiger partial charge in [0, 0.05) is 13.2 Å². The minimum atomic E-state index is -1.15. The van der Waals surface area contributed by atoms with E-state index in [1.165, 1.54) is 4.90 Å². The van der Waals surface area contributed by atoms with Crippen molar-refractivity contribution < 1.29 is 0 Å². The predicted octanol–water partition coefficient (Wildman–Crippen LogP) is -0.179. The molecule has 10 heavy (non-hydrogen) atoms. The predicted molar refractivity (Wildman–Crippen MR) is 40.5 cm³/mol. The van der Waals surface area contributed by atoms with Gasteiger partial charge in [-0.1, -0.05) is 11.6 Å². The highest BCUT2D eigenvalue weighted by molar-refractivity contribution is 6.24. The molecule has 5 heteroatoms. The number of rotatable bonds is 0. The molecule has 4 N–H and O–H groups in total. The molecule has 1 unspecified atom stereocenters. The Hall–Kier alpha value is -0.740. The van der Waals surface area contributed by atoms with Gasteiger partial charge in [0.05, 0.1) is 0 Å². The summed E-state index contributed by atoms with van der Waals surface area (Å²) in [5.41, 5.74) is 5.50. The van der Waals surface area contributed by atoms with Gasteiger partial charge in [-0.15, -0.1) is 0 Å². The Morgan fingerprint density at radius 1 is 1.90 bits per heavy atom. The molecule has 4 nitrogen and oxygen atoms in total. The minimum Gasteiger partial charge on any atom is -0.344 e. The van der Waals surface area contributed by atoms with Gasteiger partial charge in [0.15, 0.2) is 0 Å². The van der Waals surface area contributed by atoms with Crippen LogP contribution in [0.5, 0.6) is 0 Å². The number of nitrogens with zero attached hydrogens (tertiary/aromatic N) is 1. The summed E-state index contributed by atoms with van der Waals surface area (Å²) in [6.07, 6.45) is 3.13. The van der Waals surface area contributed by atoms with Crippen molar-refractivity contribution in [3.05, 3.63) is 12.3 Å². The molecule has 56 valence electrons. The third kappa shape index (κ3) is 1.08. The zero-order chi connectivity index (χ0) is 7.78. The average Bonchev–Trinajstić information content (AvgIpc) is 1.83. The fourth-order valence-electron chi connectivity index (χ4n) is 0.621. The van der Waals surface area contributed by atoms with E-state index in [0.717, 1.165) is 0 Å². The molecule has 0 radical (unpaired) electrons. The second-order valence-electron chi connectivity index (χ2n) is 2.10. The van der Waals surface area contributed by atoms with Crippen molar-refractivity contribution in [3.8, 4) is 0 Å². The highest BCUT2D eigenvalue weighted by Crippen LogP contribution is 2.12. The van der Waals surface area contributed by atoms with Crippen molar-refractivity contribution >= 4 is 17.4 Å². The third-order valence-electron chi connectivity index (χ3n) is 1.38. The van der Waals surface area contributed by atoms with Crippen LogP contribution in [-0.4, -0.2) is 23.0 Å². The molecular weight excluding hydrogens is 152 g/mol. The smallest absolute Gasteiger partial charge is 0.245 e. The fourth-order valence-corrected chi connectivity index (χ4v) is 0.775. The maximum absolute atomic E-state index is 7.28. The summed E-state index contributed by atoms with van der Waals surface area (Å²) < 4.78 is 0. The van der Waals surface area contributed by atoms with Gasteiger partial charge in [-0.05, 0) is 6.08 Å². The molecule has 0 saturated heterocycles. The van der Waals surface area contributed by atoms with E-state index in [0.29, 0.717) is 0 Å². The van der Waals surface area contributed by atoms with E-state index in [9.17, 15) is 0 Å². The van der Waals surface area contributed by atoms with Crippen molar-refractivity contribution in [2.45, 2.75) is 5.25 Å². The van der Waals surface area contributed by atoms with Crippen LogP contribution in [-0.2, 0) is 0 Å². The third-order valence-corrected chi connectivity index (χ3v) is 1.74. The van der Waals surface area contributed by atoms with Crippen LogP contribution in [0, 0.1) is 5.41 Å². The molecule has 0 aromatic heterocycles. The highest BCUT2D eigenvalue weighted by atomic mass is 35.5. The number of alkyl halides is 1. The fraction of sp³-hybridized carbons (Fsp3) is 0.400. The molecule has 1 heterocycles. The second-order valence-corrected chi connectivity index (χ2v) is 2.67. The van der Waals surface area contributed by atoms with Gasteiger partial charge in [-0.2, -0.15) is 0 Å². The van der Waals surface area contributed by atoms with E-state index in [1.807, 2.05) is 0 Å². The lowest BCUT2D eigenvalue weighted by atomic mass is 10.4. The SMILES string of the molecule is CN1C(=N)C=CNC1(N)Cl. The van der Waals surface area contributed by atoms with Crippen LogP contribution in [0.2, 0.25) is 0 Å². The number of nitrogens with two attached hydrogens (primary N) is 1. The van der Waals surface area contributed by atoms with E-state index in [1.54, 1.807) is 19.3 Å². The lowest BCUT2D eigenvalue weighted by molar-refractivity contribution is 0.282. The summed E-state index contributed by atoms with van der Waals surface area (Å²) in [6, 6.07) is 0. The number of halogens is 1. The molecular formula is C5H9ClN4. The van der Waals surface area contributed by atoms with Crippen molar-refractivity contribution in [1.29, 1.82) is 5.41 Å². The number of likely N-dealkylation sites (N-methyl/N-ethyl adjacent to an activating group) is 1. The number of nitrogens with one attached hydrogen (secondary N) is 2. The summed E-state index contributed by atoms with van der Waals surface area (Å²) in [7, 11) is 1.64.